The van der Waals surface area contributed by atoms with E-state index in [2.05, 4.69) is 13.5 Å². The molecule has 0 saturated carbocycles. The van der Waals surface area contributed by atoms with Gasteiger partial charge in [-0.05, 0) is 19.8 Å². The first kappa shape index (κ1) is 23.8. The van der Waals surface area contributed by atoms with E-state index in [9.17, 15) is 0 Å². The Bertz CT molecular complexity index is 297. The van der Waals surface area contributed by atoms with Crippen LogP contribution >= 0.6 is 0 Å². The van der Waals surface area contributed by atoms with Gasteiger partial charge in [-0.15, -0.1) is 0 Å². The monoisotopic (exact) mass is 360 g/mol. The largest absolute Gasteiger partial charge is 0.500 e. The molecule has 0 aromatic rings. The van der Waals surface area contributed by atoms with E-state index in [1.165, 1.54) is 44.9 Å². The van der Waals surface area contributed by atoms with Crippen LogP contribution in [-0.4, -0.2) is 42.8 Å². The second kappa shape index (κ2) is 15.1. The molecule has 0 rings (SSSR count). The lowest BCUT2D eigenvalue weighted by atomic mass is 10.1. The van der Waals surface area contributed by atoms with Crippen LogP contribution in [0.15, 0.2) is 12.2 Å². The van der Waals surface area contributed by atoms with E-state index in [0.29, 0.717) is 6.61 Å². The maximum atomic E-state index is 6.03. The number of unbranched alkanes of at least 4 members (excludes halogenated alkanes) is 6. The molecule has 0 heterocycles. The highest BCUT2D eigenvalue weighted by atomic mass is 28.4. The standard InChI is InChI=1S/C19H40O4Si/c1-7-8-9-10-11-12-13-14-19(23-17-18(2)3)15-16-24(20-4,21-5)22-6/h19H,2,7-17H2,1,3-6H3. The Kier molecular flexibility index (Phi) is 15.0. The predicted octanol–water partition coefficient (Wildman–Crippen LogP) is 5.36. The van der Waals surface area contributed by atoms with Gasteiger partial charge >= 0.3 is 8.80 Å². The average Bonchev–Trinajstić information content (AvgIpc) is 2.59. The molecule has 0 aliphatic rings. The summed E-state index contributed by atoms with van der Waals surface area (Å²) < 4.78 is 22.6. The Morgan fingerprint density at radius 2 is 1.42 bits per heavy atom. The fourth-order valence-electron chi connectivity index (χ4n) is 2.79. The fraction of sp³-hybridized carbons (Fsp3) is 0.895. The predicted molar refractivity (Wildman–Crippen MR) is 103 cm³/mol. The van der Waals surface area contributed by atoms with Crippen LogP contribution in [0.5, 0.6) is 0 Å². The lowest BCUT2D eigenvalue weighted by molar-refractivity contribution is 0.0511. The molecule has 1 atom stereocenters. The minimum absolute atomic E-state index is 0.227. The maximum absolute atomic E-state index is 6.03. The number of ether oxygens (including phenoxy) is 1. The van der Waals surface area contributed by atoms with Crippen molar-refractivity contribution in [2.24, 2.45) is 0 Å². The van der Waals surface area contributed by atoms with Crippen LogP contribution in [0.25, 0.3) is 0 Å². The molecule has 0 aromatic carbocycles. The molecule has 0 saturated heterocycles. The molecular weight excluding hydrogens is 320 g/mol. The Hall–Kier alpha value is -0.203. The molecule has 0 aliphatic carbocycles. The van der Waals surface area contributed by atoms with E-state index in [-0.39, 0.29) is 6.10 Å². The van der Waals surface area contributed by atoms with E-state index in [1.807, 2.05) is 6.92 Å². The zero-order valence-electron chi connectivity index (χ0n) is 16.7. The summed E-state index contributed by atoms with van der Waals surface area (Å²) in [5, 5.41) is 0. The van der Waals surface area contributed by atoms with Gasteiger partial charge < -0.3 is 18.0 Å². The quantitative estimate of drug-likeness (QED) is 0.199. The van der Waals surface area contributed by atoms with Crippen molar-refractivity contribution in [2.75, 3.05) is 27.9 Å². The molecule has 5 heteroatoms. The molecule has 0 spiro atoms. The molecule has 144 valence electrons. The molecule has 0 aliphatic heterocycles. The first-order valence-electron chi connectivity index (χ1n) is 9.45. The van der Waals surface area contributed by atoms with Crippen molar-refractivity contribution < 1.29 is 18.0 Å². The van der Waals surface area contributed by atoms with Crippen LogP contribution in [-0.2, 0) is 18.0 Å². The van der Waals surface area contributed by atoms with Gasteiger partial charge in [0.1, 0.15) is 0 Å². The van der Waals surface area contributed by atoms with Gasteiger partial charge in [0.15, 0.2) is 0 Å². The van der Waals surface area contributed by atoms with Crippen molar-refractivity contribution in [2.45, 2.75) is 83.8 Å². The summed E-state index contributed by atoms with van der Waals surface area (Å²) >= 11 is 0. The van der Waals surface area contributed by atoms with E-state index in [4.69, 9.17) is 18.0 Å². The molecule has 0 aromatic heterocycles. The molecule has 0 N–H and O–H groups in total. The van der Waals surface area contributed by atoms with Crippen LogP contribution < -0.4 is 0 Å². The lowest BCUT2D eigenvalue weighted by Gasteiger charge is -2.26. The molecule has 0 radical (unpaired) electrons. The third-order valence-corrected chi connectivity index (χ3v) is 7.17. The molecular formula is C19H40O4Si. The zero-order chi connectivity index (χ0) is 18.3. The summed E-state index contributed by atoms with van der Waals surface area (Å²) in [6.45, 7) is 8.82. The minimum Gasteiger partial charge on any atom is -0.377 e. The Labute approximate surface area is 151 Å². The average molecular weight is 361 g/mol. The Morgan fingerprint density at radius 1 is 0.875 bits per heavy atom. The van der Waals surface area contributed by atoms with Crippen molar-refractivity contribution in [1.82, 2.24) is 0 Å². The van der Waals surface area contributed by atoms with Gasteiger partial charge in [0.25, 0.3) is 0 Å². The number of hydrogen-bond donors (Lipinski definition) is 0. The van der Waals surface area contributed by atoms with Crippen LogP contribution in [0.3, 0.4) is 0 Å². The van der Waals surface area contributed by atoms with Crippen molar-refractivity contribution in [3.8, 4) is 0 Å². The van der Waals surface area contributed by atoms with Crippen LogP contribution in [0, 0.1) is 0 Å². The van der Waals surface area contributed by atoms with Gasteiger partial charge in [-0.1, -0.05) is 64.0 Å². The van der Waals surface area contributed by atoms with E-state index < -0.39 is 8.80 Å². The zero-order valence-corrected chi connectivity index (χ0v) is 17.7. The van der Waals surface area contributed by atoms with Crippen molar-refractivity contribution >= 4 is 8.80 Å². The SMILES string of the molecule is C=C(C)COC(CCCCCCCCC)CC[Si](OC)(OC)OC. The van der Waals surface area contributed by atoms with Crippen molar-refractivity contribution in [1.29, 1.82) is 0 Å². The van der Waals surface area contributed by atoms with Crippen molar-refractivity contribution in [3.63, 3.8) is 0 Å². The topological polar surface area (TPSA) is 36.9 Å². The molecule has 0 bridgehead atoms. The molecule has 24 heavy (non-hydrogen) atoms. The van der Waals surface area contributed by atoms with Gasteiger partial charge in [0.05, 0.1) is 12.7 Å². The highest BCUT2D eigenvalue weighted by molar-refractivity contribution is 6.60. The van der Waals surface area contributed by atoms with Gasteiger partial charge in [-0.2, -0.15) is 0 Å². The van der Waals surface area contributed by atoms with Gasteiger partial charge in [0.2, 0.25) is 0 Å². The second-order valence-electron chi connectivity index (χ2n) is 6.63. The van der Waals surface area contributed by atoms with Crippen LogP contribution in [0.4, 0.5) is 0 Å². The van der Waals surface area contributed by atoms with Gasteiger partial charge in [0, 0.05) is 27.4 Å². The minimum atomic E-state index is -2.51. The second-order valence-corrected chi connectivity index (χ2v) is 9.72. The summed E-state index contributed by atoms with van der Waals surface area (Å²) in [6, 6.07) is 0.786. The Balaban J connectivity index is 4.20. The highest BCUT2D eigenvalue weighted by Crippen LogP contribution is 2.21. The number of rotatable bonds is 17. The molecule has 0 amide bonds. The Morgan fingerprint density at radius 3 is 1.92 bits per heavy atom. The third kappa shape index (κ3) is 11.4. The summed E-state index contributed by atoms with van der Waals surface area (Å²) in [5.41, 5.74) is 1.06. The summed E-state index contributed by atoms with van der Waals surface area (Å²) in [4.78, 5) is 0. The molecule has 4 nitrogen and oxygen atoms in total. The van der Waals surface area contributed by atoms with Crippen LogP contribution in [0.1, 0.15) is 71.6 Å². The normalized spacial score (nSPS) is 13.2. The van der Waals surface area contributed by atoms with Gasteiger partial charge in [-0.25, -0.2) is 0 Å². The summed E-state index contributed by atoms with van der Waals surface area (Å²) in [6.07, 6.45) is 11.5. The number of hydrogen-bond acceptors (Lipinski definition) is 4. The first-order valence-corrected chi connectivity index (χ1v) is 11.4. The smallest absolute Gasteiger partial charge is 0.377 e. The van der Waals surface area contributed by atoms with E-state index in [0.717, 1.165) is 24.5 Å². The van der Waals surface area contributed by atoms with E-state index >= 15 is 0 Å². The fourth-order valence-corrected chi connectivity index (χ4v) is 4.58. The molecule has 0 fully saturated rings. The summed E-state index contributed by atoms with van der Waals surface area (Å²) in [5.74, 6) is 0. The lowest BCUT2D eigenvalue weighted by Crippen LogP contribution is -2.43. The van der Waals surface area contributed by atoms with Crippen LogP contribution in [0.2, 0.25) is 6.04 Å². The first-order chi connectivity index (χ1) is 11.5. The van der Waals surface area contributed by atoms with Gasteiger partial charge in [-0.3, -0.25) is 0 Å². The van der Waals surface area contributed by atoms with E-state index in [1.54, 1.807) is 21.3 Å². The van der Waals surface area contributed by atoms with Crippen molar-refractivity contribution in [3.05, 3.63) is 12.2 Å². The summed E-state index contributed by atoms with van der Waals surface area (Å²) in [7, 11) is 2.49. The maximum Gasteiger partial charge on any atom is 0.500 e. The highest BCUT2D eigenvalue weighted by Gasteiger charge is 2.38. The molecule has 1 unspecified atom stereocenters. The third-order valence-electron chi connectivity index (χ3n) is 4.40.